The summed E-state index contributed by atoms with van der Waals surface area (Å²) in [6.45, 7) is 0.671. The number of nitrogens with zero attached hydrogens (tertiary/aromatic N) is 2. The third kappa shape index (κ3) is 6.76. The van der Waals surface area contributed by atoms with E-state index in [1.165, 1.54) is 12.1 Å². The van der Waals surface area contributed by atoms with E-state index in [9.17, 15) is 9.18 Å². The van der Waals surface area contributed by atoms with Crippen molar-refractivity contribution in [2.45, 2.75) is 37.0 Å². The van der Waals surface area contributed by atoms with Gasteiger partial charge in [0.1, 0.15) is 5.82 Å². The topological polar surface area (TPSA) is 68.0 Å². The number of carbonyl (C=O) groups excluding carboxylic acids is 1. The number of carbonyl (C=O) groups is 1. The molecule has 8 heteroatoms. The van der Waals surface area contributed by atoms with Gasteiger partial charge in [0.05, 0.1) is 4.88 Å². The van der Waals surface area contributed by atoms with Gasteiger partial charge in [0, 0.05) is 30.0 Å². The molecular weight excluding hydrogens is 397 g/mol. The molecule has 1 amide bonds. The summed E-state index contributed by atoms with van der Waals surface area (Å²) in [5.41, 5.74) is 0. The van der Waals surface area contributed by atoms with Crippen molar-refractivity contribution < 1.29 is 13.7 Å². The van der Waals surface area contributed by atoms with Crippen LogP contribution in [0.3, 0.4) is 0 Å². The first-order valence-corrected chi connectivity index (χ1v) is 11.1. The van der Waals surface area contributed by atoms with Crippen molar-refractivity contribution in [1.82, 2.24) is 15.5 Å². The second kappa shape index (κ2) is 11.0. The van der Waals surface area contributed by atoms with Crippen LogP contribution in [0.4, 0.5) is 4.39 Å². The predicted molar refractivity (Wildman–Crippen MR) is 110 cm³/mol. The highest BCUT2D eigenvalue weighted by Gasteiger charge is 2.09. The van der Waals surface area contributed by atoms with Crippen molar-refractivity contribution in [2.75, 3.05) is 12.3 Å². The maximum Gasteiger partial charge on any atom is 0.226 e. The Balaban J connectivity index is 1.22. The van der Waals surface area contributed by atoms with E-state index in [1.807, 2.05) is 17.5 Å². The largest absolute Gasteiger partial charge is 0.356 e. The lowest BCUT2D eigenvalue weighted by atomic mass is 10.2. The lowest BCUT2D eigenvalue weighted by molar-refractivity contribution is -0.120. The number of thiophene rings is 1. The minimum absolute atomic E-state index is 0.0482. The molecule has 0 atom stereocenters. The standard InChI is InChI=1S/C20H22FN3O2S2/c21-15-7-9-16(10-8-15)27-14-11-18(25)22-12-3-1-2-6-19-23-20(24-26-19)17-5-4-13-28-17/h4-5,7-10,13H,1-3,6,11-12,14H2,(H,22,25). The van der Waals surface area contributed by atoms with E-state index in [0.717, 1.165) is 35.5 Å². The molecule has 0 aliphatic carbocycles. The minimum Gasteiger partial charge on any atom is -0.356 e. The zero-order chi connectivity index (χ0) is 19.6. The number of aromatic nitrogens is 2. The quantitative estimate of drug-likeness (QED) is 0.352. The fourth-order valence-electron chi connectivity index (χ4n) is 2.55. The van der Waals surface area contributed by atoms with Gasteiger partial charge in [-0.2, -0.15) is 4.98 Å². The van der Waals surface area contributed by atoms with Crippen molar-refractivity contribution >= 4 is 29.0 Å². The molecule has 3 aromatic rings. The fraction of sp³-hybridized carbons (Fsp3) is 0.350. The minimum atomic E-state index is -0.246. The molecule has 28 heavy (non-hydrogen) atoms. The smallest absolute Gasteiger partial charge is 0.226 e. The van der Waals surface area contributed by atoms with Crippen molar-refractivity contribution in [1.29, 1.82) is 0 Å². The Morgan fingerprint density at radius 2 is 2.04 bits per heavy atom. The number of benzene rings is 1. The molecule has 148 valence electrons. The maximum atomic E-state index is 12.8. The van der Waals surface area contributed by atoms with Gasteiger partial charge in [0.2, 0.25) is 17.6 Å². The van der Waals surface area contributed by atoms with Crippen LogP contribution in [0.25, 0.3) is 10.7 Å². The average molecular weight is 420 g/mol. The molecule has 5 nitrogen and oxygen atoms in total. The van der Waals surface area contributed by atoms with E-state index in [1.54, 1.807) is 35.2 Å². The Morgan fingerprint density at radius 1 is 1.18 bits per heavy atom. The SMILES string of the molecule is O=C(CCSc1ccc(F)cc1)NCCCCCc1nc(-c2cccs2)no1. The van der Waals surface area contributed by atoms with Gasteiger partial charge in [-0.3, -0.25) is 4.79 Å². The summed E-state index contributed by atoms with van der Waals surface area (Å²) < 4.78 is 18.1. The molecule has 0 unspecified atom stereocenters. The number of aryl methyl sites for hydroxylation is 1. The predicted octanol–water partition coefficient (Wildman–Crippen LogP) is 4.95. The summed E-state index contributed by atoms with van der Waals surface area (Å²) in [4.78, 5) is 18.2. The zero-order valence-electron chi connectivity index (χ0n) is 15.4. The average Bonchev–Trinajstić information content (AvgIpc) is 3.38. The zero-order valence-corrected chi connectivity index (χ0v) is 17.0. The highest BCUT2D eigenvalue weighted by molar-refractivity contribution is 7.99. The second-order valence-electron chi connectivity index (χ2n) is 6.20. The molecule has 0 bridgehead atoms. The van der Waals surface area contributed by atoms with Crippen LogP contribution in [0.5, 0.6) is 0 Å². The van der Waals surface area contributed by atoms with Crippen molar-refractivity contribution in [3.05, 3.63) is 53.5 Å². The number of nitrogens with one attached hydrogen (secondary N) is 1. The first kappa shape index (κ1) is 20.5. The summed E-state index contributed by atoms with van der Waals surface area (Å²) in [7, 11) is 0. The molecule has 1 aromatic carbocycles. The Morgan fingerprint density at radius 3 is 2.82 bits per heavy atom. The van der Waals surface area contributed by atoms with Gasteiger partial charge in [-0.1, -0.05) is 17.6 Å². The molecular formula is C20H22FN3O2S2. The van der Waals surface area contributed by atoms with Crippen LogP contribution < -0.4 is 5.32 Å². The molecule has 2 heterocycles. The summed E-state index contributed by atoms with van der Waals surface area (Å²) in [5.74, 6) is 1.79. The third-order valence-electron chi connectivity index (χ3n) is 4.01. The molecule has 0 spiro atoms. The van der Waals surface area contributed by atoms with Crippen LogP contribution >= 0.6 is 23.1 Å². The van der Waals surface area contributed by atoms with Gasteiger partial charge in [-0.25, -0.2) is 4.39 Å². The molecule has 3 rings (SSSR count). The molecule has 0 aliphatic heterocycles. The van der Waals surface area contributed by atoms with E-state index in [0.29, 0.717) is 30.4 Å². The summed E-state index contributed by atoms with van der Waals surface area (Å²) in [5, 5.41) is 8.92. The lowest BCUT2D eigenvalue weighted by Gasteiger charge is -2.05. The molecule has 0 radical (unpaired) electrons. The van der Waals surface area contributed by atoms with E-state index in [2.05, 4.69) is 15.5 Å². The van der Waals surface area contributed by atoms with Gasteiger partial charge >= 0.3 is 0 Å². The van der Waals surface area contributed by atoms with Gasteiger partial charge < -0.3 is 9.84 Å². The second-order valence-corrected chi connectivity index (χ2v) is 8.32. The maximum absolute atomic E-state index is 12.8. The Bertz CT molecular complexity index is 851. The van der Waals surface area contributed by atoms with E-state index in [-0.39, 0.29) is 11.7 Å². The molecule has 0 aliphatic rings. The van der Waals surface area contributed by atoms with Crippen LogP contribution in [0.1, 0.15) is 31.6 Å². The van der Waals surface area contributed by atoms with Crippen LogP contribution in [0, 0.1) is 5.82 Å². The number of amides is 1. The van der Waals surface area contributed by atoms with Crippen molar-refractivity contribution in [3.8, 4) is 10.7 Å². The molecule has 1 N–H and O–H groups in total. The Kier molecular flexibility index (Phi) is 8.05. The van der Waals surface area contributed by atoms with E-state index < -0.39 is 0 Å². The third-order valence-corrected chi connectivity index (χ3v) is 5.89. The lowest BCUT2D eigenvalue weighted by Crippen LogP contribution is -2.24. The van der Waals surface area contributed by atoms with E-state index >= 15 is 0 Å². The number of unbranched alkanes of at least 4 members (excludes halogenated alkanes) is 2. The van der Waals surface area contributed by atoms with Gasteiger partial charge in [-0.05, 0) is 48.6 Å². The van der Waals surface area contributed by atoms with Crippen LogP contribution in [-0.4, -0.2) is 28.3 Å². The number of thioether (sulfide) groups is 1. The van der Waals surface area contributed by atoms with Crippen LogP contribution in [0.15, 0.2) is 51.2 Å². The normalized spacial score (nSPS) is 10.9. The van der Waals surface area contributed by atoms with Crippen LogP contribution in [-0.2, 0) is 11.2 Å². The summed E-state index contributed by atoms with van der Waals surface area (Å²) >= 11 is 3.14. The first-order valence-electron chi connectivity index (χ1n) is 9.22. The van der Waals surface area contributed by atoms with Crippen molar-refractivity contribution in [2.24, 2.45) is 0 Å². The molecule has 0 fully saturated rings. The van der Waals surface area contributed by atoms with E-state index in [4.69, 9.17) is 4.52 Å². The number of hydrogen-bond donors (Lipinski definition) is 1. The van der Waals surface area contributed by atoms with Gasteiger partial charge in [0.25, 0.3) is 0 Å². The molecule has 0 saturated carbocycles. The number of rotatable bonds is 11. The van der Waals surface area contributed by atoms with Gasteiger partial charge in [-0.15, -0.1) is 23.1 Å². The van der Waals surface area contributed by atoms with Gasteiger partial charge in [0.15, 0.2) is 0 Å². The summed E-state index contributed by atoms with van der Waals surface area (Å²) in [6.07, 6.45) is 4.06. The Labute approximate surface area is 171 Å². The molecule has 2 aromatic heterocycles. The first-order chi connectivity index (χ1) is 13.7. The number of halogens is 1. The Hall–Kier alpha value is -2.19. The number of hydrogen-bond acceptors (Lipinski definition) is 6. The fourth-order valence-corrected chi connectivity index (χ4v) is 4.05. The molecule has 0 saturated heterocycles. The highest BCUT2D eigenvalue weighted by Crippen LogP contribution is 2.21. The summed E-state index contributed by atoms with van der Waals surface area (Å²) in [6, 6.07) is 10.3. The monoisotopic (exact) mass is 419 g/mol. The highest BCUT2D eigenvalue weighted by atomic mass is 32.2. The van der Waals surface area contributed by atoms with Crippen molar-refractivity contribution in [3.63, 3.8) is 0 Å². The van der Waals surface area contributed by atoms with Crippen LogP contribution in [0.2, 0.25) is 0 Å².